The summed E-state index contributed by atoms with van der Waals surface area (Å²) in [4.78, 5) is 4.25. The highest BCUT2D eigenvalue weighted by atomic mass is 35.5. The number of rotatable bonds is 1. The zero-order chi connectivity index (χ0) is 9.97. The minimum Gasteiger partial charge on any atom is -0.314 e. The van der Waals surface area contributed by atoms with Gasteiger partial charge in [0.2, 0.25) is 0 Å². The van der Waals surface area contributed by atoms with E-state index in [0.717, 1.165) is 25.3 Å². The van der Waals surface area contributed by atoms with Crippen LogP contribution < -0.4 is 10.6 Å². The fourth-order valence-corrected chi connectivity index (χ4v) is 1.97. The summed E-state index contributed by atoms with van der Waals surface area (Å²) in [5, 5.41) is 7.37. The third kappa shape index (κ3) is 3.75. The lowest BCUT2D eigenvalue weighted by Crippen LogP contribution is -2.42. The van der Waals surface area contributed by atoms with Gasteiger partial charge in [0.1, 0.15) is 5.15 Å². The molecule has 1 saturated heterocycles. The van der Waals surface area contributed by atoms with Crippen molar-refractivity contribution >= 4 is 36.4 Å². The summed E-state index contributed by atoms with van der Waals surface area (Å²) in [6.45, 7) is 5.00. The zero-order valence-corrected chi connectivity index (χ0v) is 11.4. The fourth-order valence-electron chi connectivity index (χ4n) is 1.78. The molecule has 0 radical (unpaired) electrons. The molecule has 2 rings (SSSR count). The molecule has 0 aliphatic carbocycles. The number of aryl methyl sites for hydroxylation is 1. The molecule has 1 aliphatic rings. The molecule has 16 heavy (non-hydrogen) atoms. The number of piperazine rings is 1. The largest absolute Gasteiger partial charge is 0.314 e. The smallest absolute Gasteiger partial charge is 0.129 e. The van der Waals surface area contributed by atoms with Gasteiger partial charge in [-0.05, 0) is 18.6 Å². The Morgan fingerprint density at radius 3 is 2.62 bits per heavy atom. The topological polar surface area (TPSA) is 37.0 Å². The van der Waals surface area contributed by atoms with Crippen molar-refractivity contribution in [2.75, 3.05) is 19.6 Å². The van der Waals surface area contributed by atoms with E-state index >= 15 is 0 Å². The third-order valence-corrected chi connectivity index (χ3v) is 2.72. The zero-order valence-electron chi connectivity index (χ0n) is 9.00. The second-order valence-corrected chi connectivity index (χ2v) is 3.91. The van der Waals surface area contributed by atoms with Gasteiger partial charge in [-0.3, -0.25) is 0 Å². The minimum atomic E-state index is 0. The summed E-state index contributed by atoms with van der Waals surface area (Å²) in [7, 11) is 0. The van der Waals surface area contributed by atoms with Crippen molar-refractivity contribution in [1.82, 2.24) is 15.6 Å². The molecule has 0 bridgehead atoms. The number of pyridine rings is 1. The normalized spacial score (nSPS) is 19.5. The van der Waals surface area contributed by atoms with Gasteiger partial charge in [-0.2, -0.15) is 0 Å². The first kappa shape index (κ1) is 15.9. The predicted molar refractivity (Wildman–Crippen MR) is 72.1 cm³/mol. The van der Waals surface area contributed by atoms with Crippen molar-refractivity contribution in [2.45, 2.75) is 13.0 Å². The van der Waals surface area contributed by atoms with Crippen LogP contribution in [0.25, 0.3) is 0 Å². The first-order valence-corrected chi connectivity index (χ1v) is 5.22. The Bertz CT molecular complexity index is 327. The Labute approximate surface area is 113 Å². The van der Waals surface area contributed by atoms with Gasteiger partial charge >= 0.3 is 0 Å². The van der Waals surface area contributed by atoms with E-state index in [1.54, 1.807) is 0 Å². The van der Waals surface area contributed by atoms with Crippen LogP contribution in [-0.4, -0.2) is 24.6 Å². The molecule has 6 heteroatoms. The molecule has 1 aliphatic heterocycles. The van der Waals surface area contributed by atoms with E-state index in [2.05, 4.69) is 21.7 Å². The van der Waals surface area contributed by atoms with Crippen LogP contribution in [0.3, 0.4) is 0 Å². The summed E-state index contributed by atoms with van der Waals surface area (Å²) in [6.07, 6.45) is 0. The Hall–Kier alpha value is -0.0600. The van der Waals surface area contributed by atoms with E-state index < -0.39 is 0 Å². The molecule has 1 fully saturated rings. The first-order valence-electron chi connectivity index (χ1n) is 4.84. The molecule has 1 atom stereocenters. The van der Waals surface area contributed by atoms with E-state index in [1.165, 1.54) is 5.56 Å². The van der Waals surface area contributed by atoms with Gasteiger partial charge in [0.25, 0.3) is 0 Å². The SMILES string of the molecule is Cc1nc(Cl)ccc1C1CNCCN1.Cl.Cl. The summed E-state index contributed by atoms with van der Waals surface area (Å²) in [5.41, 5.74) is 2.25. The molecule has 0 amide bonds. The van der Waals surface area contributed by atoms with Gasteiger partial charge in [-0.1, -0.05) is 17.7 Å². The molecule has 92 valence electrons. The highest BCUT2D eigenvalue weighted by molar-refractivity contribution is 6.29. The molecule has 0 spiro atoms. The lowest BCUT2D eigenvalue weighted by atomic mass is 10.0. The standard InChI is InChI=1S/C10H14ClN3.2ClH/c1-7-8(2-3-10(11)14-7)9-6-12-4-5-13-9;;/h2-3,9,12-13H,4-6H2,1H3;2*1H. The highest BCUT2D eigenvalue weighted by Crippen LogP contribution is 2.18. The molecule has 1 unspecified atom stereocenters. The van der Waals surface area contributed by atoms with Gasteiger partial charge in [0, 0.05) is 31.4 Å². The van der Waals surface area contributed by atoms with Crippen molar-refractivity contribution in [3.05, 3.63) is 28.5 Å². The molecule has 0 aromatic carbocycles. The third-order valence-electron chi connectivity index (χ3n) is 2.51. The number of hydrogen-bond donors (Lipinski definition) is 2. The first-order chi connectivity index (χ1) is 6.77. The second kappa shape index (κ2) is 7.30. The number of nitrogens with one attached hydrogen (secondary N) is 2. The summed E-state index contributed by atoms with van der Waals surface area (Å²) < 4.78 is 0. The van der Waals surface area contributed by atoms with Crippen LogP contribution in [0, 0.1) is 6.92 Å². The Morgan fingerprint density at radius 2 is 2.06 bits per heavy atom. The average molecular weight is 285 g/mol. The lowest BCUT2D eigenvalue weighted by Gasteiger charge is -2.25. The Morgan fingerprint density at radius 1 is 1.31 bits per heavy atom. The highest BCUT2D eigenvalue weighted by Gasteiger charge is 2.16. The number of hydrogen-bond acceptors (Lipinski definition) is 3. The van der Waals surface area contributed by atoms with Crippen LogP contribution >= 0.6 is 36.4 Å². The maximum atomic E-state index is 5.81. The van der Waals surface area contributed by atoms with Crippen molar-refractivity contribution < 1.29 is 0 Å². The van der Waals surface area contributed by atoms with Crippen molar-refractivity contribution in [1.29, 1.82) is 0 Å². The van der Waals surface area contributed by atoms with Crippen LogP contribution in [0.5, 0.6) is 0 Å². The number of nitrogens with zero attached hydrogens (tertiary/aromatic N) is 1. The molecule has 3 nitrogen and oxygen atoms in total. The van der Waals surface area contributed by atoms with Gasteiger partial charge in [-0.15, -0.1) is 24.8 Å². The quantitative estimate of drug-likeness (QED) is 0.776. The van der Waals surface area contributed by atoms with Crippen LogP contribution in [0.1, 0.15) is 17.3 Å². The molecule has 2 N–H and O–H groups in total. The van der Waals surface area contributed by atoms with E-state index in [0.29, 0.717) is 11.2 Å². The lowest BCUT2D eigenvalue weighted by molar-refractivity contribution is 0.428. The molecule has 1 aromatic heterocycles. The van der Waals surface area contributed by atoms with Gasteiger partial charge in [0.15, 0.2) is 0 Å². The maximum absolute atomic E-state index is 5.81. The Balaban J connectivity index is 0.00000112. The summed E-state index contributed by atoms with van der Waals surface area (Å²) in [5.74, 6) is 0. The monoisotopic (exact) mass is 283 g/mol. The van der Waals surface area contributed by atoms with Crippen molar-refractivity contribution in [3.63, 3.8) is 0 Å². The second-order valence-electron chi connectivity index (χ2n) is 3.52. The van der Waals surface area contributed by atoms with Crippen LogP contribution in [0.2, 0.25) is 5.15 Å². The molecular weight excluding hydrogens is 268 g/mol. The fraction of sp³-hybridized carbons (Fsp3) is 0.500. The molecule has 2 heterocycles. The van der Waals surface area contributed by atoms with Crippen molar-refractivity contribution in [2.24, 2.45) is 0 Å². The Kier molecular flexibility index (Phi) is 7.27. The van der Waals surface area contributed by atoms with E-state index in [-0.39, 0.29) is 24.8 Å². The van der Waals surface area contributed by atoms with E-state index in [9.17, 15) is 0 Å². The molecule has 0 saturated carbocycles. The minimum absolute atomic E-state index is 0. The van der Waals surface area contributed by atoms with Gasteiger partial charge in [-0.25, -0.2) is 4.98 Å². The number of aromatic nitrogens is 1. The van der Waals surface area contributed by atoms with E-state index in [1.807, 2.05) is 13.0 Å². The molecular formula is C10H16Cl3N3. The number of halogens is 3. The van der Waals surface area contributed by atoms with Crippen LogP contribution in [0.15, 0.2) is 12.1 Å². The van der Waals surface area contributed by atoms with Gasteiger partial charge in [0.05, 0.1) is 0 Å². The maximum Gasteiger partial charge on any atom is 0.129 e. The average Bonchev–Trinajstić information content (AvgIpc) is 2.19. The predicted octanol–water partition coefficient (Wildman–Crippen LogP) is 2.12. The van der Waals surface area contributed by atoms with Gasteiger partial charge < -0.3 is 10.6 Å². The summed E-state index contributed by atoms with van der Waals surface area (Å²) >= 11 is 5.81. The van der Waals surface area contributed by atoms with Crippen molar-refractivity contribution in [3.8, 4) is 0 Å². The molecule has 1 aromatic rings. The summed E-state index contributed by atoms with van der Waals surface area (Å²) in [6, 6.07) is 4.27. The van der Waals surface area contributed by atoms with E-state index in [4.69, 9.17) is 11.6 Å². The van der Waals surface area contributed by atoms with Crippen LogP contribution in [0.4, 0.5) is 0 Å². The van der Waals surface area contributed by atoms with Crippen LogP contribution in [-0.2, 0) is 0 Å².